The Morgan fingerprint density at radius 2 is 1.63 bits per heavy atom. The van der Waals surface area contributed by atoms with E-state index in [1.807, 2.05) is 61.5 Å². The number of hydrogen-bond donors (Lipinski definition) is 1. The lowest BCUT2D eigenvalue weighted by Crippen LogP contribution is -2.45. The van der Waals surface area contributed by atoms with Crippen LogP contribution in [0.2, 0.25) is 0 Å². The molecule has 1 N–H and O–H groups in total. The van der Waals surface area contributed by atoms with Gasteiger partial charge in [0.1, 0.15) is 5.75 Å². The fraction of sp³-hybridized carbons (Fsp3) is 0.267. The summed E-state index contributed by atoms with van der Waals surface area (Å²) >= 11 is 0. The molecular formula is C30H32N2O3. The molecule has 1 amide bonds. The first-order valence-corrected chi connectivity index (χ1v) is 12.1. The van der Waals surface area contributed by atoms with Crippen LogP contribution in [0, 0.1) is 6.92 Å². The van der Waals surface area contributed by atoms with Crippen molar-refractivity contribution in [1.29, 1.82) is 0 Å². The number of allylic oxidation sites excluding steroid dienone is 1. The number of carbonyl (C=O) groups is 2. The molecule has 1 saturated heterocycles. The number of nitrogens with one attached hydrogen (secondary N) is 1. The fourth-order valence-electron chi connectivity index (χ4n) is 4.16. The molecule has 0 saturated carbocycles. The Morgan fingerprint density at radius 1 is 0.943 bits per heavy atom. The van der Waals surface area contributed by atoms with E-state index in [1.165, 1.54) is 5.56 Å². The molecule has 35 heavy (non-hydrogen) atoms. The van der Waals surface area contributed by atoms with E-state index in [2.05, 4.69) is 34.5 Å². The predicted octanol–water partition coefficient (Wildman–Crippen LogP) is 5.05. The van der Waals surface area contributed by atoms with Gasteiger partial charge in [0, 0.05) is 31.2 Å². The number of carbonyl (C=O) groups excluding carboxylic acids is 2. The monoisotopic (exact) mass is 468 g/mol. The SMILES string of the molecule is Cc1ccc(C(=O)/C=C/c2ccc(OCC(=O)NC3CCN(Cc4ccccc4)CC3)cc2)cc1. The lowest BCUT2D eigenvalue weighted by Gasteiger charge is -2.32. The average molecular weight is 469 g/mol. The molecule has 5 heteroatoms. The van der Waals surface area contributed by atoms with E-state index in [4.69, 9.17) is 4.74 Å². The zero-order chi connectivity index (χ0) is 24.5. The second kappa shape index (κ2) is 12.1. The third-order valence-electron chi connectivity index (χ3n) is 6.21. The molecule has 3 aromatic rings. The van der Waals surface area contributed by atoms with E-state index in [1.54, 1.807) is 12.2 Å². The number of aryl methyl sites for hydroxylation is 1. The molecule has 5 nitrogen and oxygen atoms in total. The van der Waals surface area contributed by atoms with Crippen LogP contribution >= 0.6 is 0 Å². The number of ketones is 1. The third-order valence-corrected chi connectivity index (χ3v) is 6.21. The van der Waals surface area contributed by atoms with Crippen molar-refractivity contribution < 1.29 is 14.3 Å². The van der Waals surface area contributed by atoms with Crippen molar-refractivity contribution in [2.75, 3.05) is 19.7 Å². The Hall–Kier alpha value is -3.70. The number of benzene rings is 3. The van der Waals surface area contributed by atoms with Gasteiger partial charge in [-0.15, -0.1) is 0 Å². The summed E-state index contributed by atoms with van der Waals surface area (Å²) in [5, 5.41) is 3.10. The van der Waals surface area contributed by atoms with Gasteiger partial charge in [-0.05, 0) is 49.1 Å². The van der Waals surface area contributed by atoms with Gasteiger partial charge < -0.3 is 10.1 Å². The van der Waals surface area contributed by atoms with E-state index in [0.717, 1.165) is 43.6 Å². The molecule has 0 aromatic heterocycles. The zero-order valence-electron chi connectivity index (χ0n) is 20.2. The predicted molar refractivity (Wildman–Crippen MR) is 139 cm³/mol. The standard InChI is InChI=1S/C30H32N2O3/c1-23-7-12-26(13-8-23)29(33)16-11-24-9-14-28(15-10-24)35-22-30(34)31-27-17-19-32(20-18-27)21-25-5-3-2-4-6-25/h2-16,27H,17-22H2,1H3,(H,31,34)/b16-11+. The lowest BCUT2D eigenvalue weighted by molar-refractivity contribution is -0.124. The molecule has 1 aliphatic rings. The number of nitrogens with zero attached hydrogens (tertiary/aromatic N) is 1. The maximum absolute atomic E-state index is 12.4. The fourth-order valence-corrected chi connectivity index (χ4v) is 4.16. The van der Waals surface area contributed by atoms with E-state index >= 15 is 0 Å². The molecule has 0 spiro atoms. The highest BCUT2D eigenvalue weighted by Crippen LogP contribution is 2.16. The van der Waals surface area contributed by atoms with Crippen LogP contribution in [0.5, 0.6) is 5.75 Å². The molecule has 0 bridgehead atoms. The smallest absolute Gasteiger partial charge is 0.258 e. The zero-order valence-corrected chi connectivity index (χ0v) is 20.2. The Morgan fingerprint density at radius 3 is 2.31 bits per heavy atom. The van der Waals surface area contributed by atoms with Crippen LogP contribution in [0.4, 0.5) is 0 Å². The minimum atomic E-state index is -0.0980. The second-order valence-electron chi connectivity index (χ2n) is 9.02. The highest BCUT2D eigenvalue weighted by atomic mass is 16.5. The number of ether oxygens (including phenoxy) is 1. The van der Waals surface area contributed by atoms with Gasteiger partial charge in [0.15, 0.2) is 12.4 Å². The van der Waals surface area contributed by atoms with Crippen molar-refractivity contribution in [3.63, 3.8) is 0 Å². The summed E-state index contributed by atoms with van der Waals surface area (Å²) in [6, 6.07) is 25.6. The Kier molecular flexibility index (Phi) is 8.47. The summed E-state index contributed by atoms with van der Waals surface area (Å²) < 4.78 is 5.66. The van der Waals surface area contributed by atoms with Gasteiger partial charge in [-0.1, -0.05) is 78.4 Å². The molecule has 4 rings (SSSR count). The minimum Gasteiger partial charge on any atom is -0.484 e. The van der Waals surface area contributed by atoms with Crippen LogP contribution in [-0.4, -0.2) is 42.3 Å². The van der Waals surface area contributed by atoms with Gasteiger partial charge in [-0.25, -0.2) is 0 Å². The highest BCUT2D eigenvalue weighted by Gasteiger charge is 2.20. The highest BCUT2D eigenvalue weighted by molar-refractivity contribution is 6.06. The Labute approximate surface area is 207 Å². The van der Waals surface area contributed by atoms with Gasteiger partial charge in [-0.2, -0.15) is 0 Å². The van der Waals surface area contributed by atoms with Crippen LogP contribution in [0.3, 0.4) is 0 Å². The molecule has 3 aromatic carbocycles. The molecule has 0 atom stereocenters. The largest absolute Gasteiger partial charge is 0.484 e. The number of likely N-dealkylation sites (tertiary alicyclic amines) is 1. The van der Waals surface area contributed by atoms with E-state index in [9.17, 15) is 9.59 Å². The second-order valence-corrected chi connectivity index (χ2v) is 9.02. The number of rotatable bonds is 9. The molecule has 0 aliphatic carbocycles. The first kappa shape index (κ1) is 24.4. The van der Waals surface area contributed by atoms with Crippen molar-refractivity contribution in [1.82, 2.24) is 10.2 Å². The van der Waals surface area contributed by atoms with Crippen molar-refractivity contribution in [3.05, 3.63) is 107 Å². The number of hydrogen-bond acceptors (Lipinski definition) is 4. The van der Waals surface area contributed by atoms with Gasteiger partial charge in [-0.3, -0.25) is 14.5 Å². The van der Waals surface area contributed by atoms with Gasteiger partial charge >= 0.3 is 0 Å². The van der Waals surface area contributed by atoms with Crippen LogP contribution < -0.4 is 10.1 Å². The topological polar surface area (TPSA) is 58.6 Å². The first-order valence-electron chi connectivity index (χ1n) is 12.1. The van der Waals surface area contributed by atoms with E-state index < -0.39 is 0 Å². The average Bonchev–Trinajstić information content (AvgIpc) is 2.89. The quantitative estimate of drug-likeness (QED) is 0.353. The summed E-state index contributed by atoms with van der Waals surface area (Å²) in [5.74, 6) is 0.493. The number of amides is 1. The van der Waals surface area contributed by atoms with Crippen LogP contribution in [0.15, 0.2) is 84.9 Å². The third kappa shape index (κ3) is 7.66. The van der Waals surface area contributed by atoms with Crippen molar-refractivity contribution in [2.45, 2.75) is 32.4 Å². The summed E-state index contributed by atoms with van der Waals surface area (Å²) in [6.45, 7) is 4.89. The van der Waals surface area contributed by atoms with Crippen LogP contribution in [-0.2, 0) is 11.3 Å². The first-order chi connectivity index (χ1) is 17.0. The Balaban J connectivity index is 1.17. The molecule has 1 fully saturated rings. The van der Waals surface area contributed by atoms with E-state index in [-0.39, 0.29) is 24.3 Å². The summed E-state index contributed by atoms with van der Waals surface area (Å²) in [6.07, 6.45) is 5.24. The molecule has 1 heterocycles. The molecular weight excluding hydrogens is 436 g/mol. The summed E-state index contributed by atoms with van der Waals surface area (Å²) in [7, 11) is 0. The van der Waals surface area contributed by atoms with Gasteiger partial charge in [0.2, 0.25) is 0 Å². The summed E-state index contributed by atoms with van der Waals surface area (Å²) in [5.41, 5.74) is 4.01. The molecule has 0 unspecified atom stereocenters. The number of piperidine rings is 1. The summed E-state index contributed by atoms with van der Waals surface area (Å²) in [4.78, 5) is 27.1. The molecule has 180 valence electrons. The Bertz CT molecular complexity index is 1130. The van der Waals surface area contributed by atoms with Crippen molar-refractivity contribution in [2.24, 2.45) is 0 Å². The normalized spacial score (nSPS) is 14.7. The van der Waals surface area contributed by atoms with Crippen molar-refractivity contribution in [3.8, 4) is 5.75 Å². The lowest BCUT2D eigenvalue weighted by atomic mass is 10.0. The van der Waals surface area contributed by atoms with Gasteiger partial charge in [0.25, 0.3) is 5.91 Å². The maximum atomic E-state index is 12.4. The van der Waals surface area contributed by atoms with E-state index in [0.29, 0.717) is 11.3 Å². The molecule has 0 radical (unpaired) electrons. The van der Waals surface area contributed by atoms with Crippen LogP contribution in [0.1, 0.15) is 39.9 Å². The maximum Gasteiger partial charge on any atom is 0.258 e. The minimum absolute atomic E-state index is 0.00861. The van der Waals surface area contributed by atoms with Gasteiger partial charge in [0.05, 0.1) is 0 Å². The van der Waals surface area contributed by atoms with Crippen molar-refractivity contribution >= 4 is 17.8 Å². The van der Waals surface area contributed by atoms with Crippen LogP contribution in [0.25, 0.3) is 6.08 Å². The molecule has 1 aliphatic heterocycles.